The van der Waals surface area contributed by atoms with Crippen molar-refractivity contribution < 1.29 is 9.53 Å². The molecule has 2 aromatic rings. The van der Waals surface area contributed by atoms with E-state index < -0.39 is 0 Å². The Hall–Kier alpha value is -2.80. The fraction of sp³-hybridized carbons (Fsp3) is 0.429. The predicted octanol–water partition coefficient (Wildman–Crippen LogP) is 2.43. The van der Waals surface area contributed by atoms with E-state index in [0.717, 1.165) is 54.4 Å². The van der Waals surface area contributed by atoms with Gasteiger partial charge < -0.3 is 15.0 Å². The monoisotopic (exact) mass is 379 g/mol. The summed E-state index contributed by atoms with van der Waals surface area (Å²) in [7, 11) is 3.50. The summed E-state index contributed by atoms with van der Waals surface area (Å²) in [5.41, 5.74) is 5.05. The van der Waals surface area contributed by atoms with Crippen LogP contribution in [0, 0.1) is 6.92 Å². The summed E-state index contributed by atoms with van der Waals surface area (Å²) in [6.45, 7) is 4.03. The highest BCUT2D eigenvalue weighted by Gasteiger charge is 2.26. The largest absolute Gasteiger partial charge is 0.381 e. The minimum Gasteiger partial charge on any atom is -0.381 e. The molecule has 1 N–H and O–H groups in total. The Morgan fingerprint density at radius 3 is 2.79 bits per heavy atom. The van der Waals surface area contributed by atoms with Crippen LogP contribution in [0.4, 0.5) is 5.82 Å². The van der Waals surface area contributed by atoms with Crippen molar-refractivity contribution in [3.8, 4) is 0 Å². The van der Waals surface area contributed by atoms with Crippen molar-refractivity contribution in [1.29, 1.82) is 0 Å². The van der Waals surface area contributed by atoms with Crippen LogP contribution in [0.2, 0.25) is 0 Å². The number of aromatic nitrogens is 2. The number of hydrogen-bond acceptors (Lipinski definition) is 6. The van der Waals surface area contributed by atoms with E-state index in [9.17, 15) is 4.79 Å². The Labute approximate surface area is 164 Å². The number of rotatable bonds is 4. The molecule has 0 spiro atoms. The minimum absolute atomic E-state index is 0.0442. The predicted molar refractivity (Wildman–Crippen MR) is 108 cm³/mol. The molecule has 0 bridgehead atoms. The third kappa shape index (κ3) is 3.62. The number of carbonyl (C=O) groups excluding carboxylic acids is 1. The van der Waals surface area contributed by atoms with Crippen LogP contribution in [-0.2, 0) is 11.3 Å². The zero-order valence-electron chi connectivity index (χ0n) is 16.5. The van der Waals surface area contributed by atoms with Gasteiger partial charge in [0.15, 0.2) is 0 Å². The summed E-state index contributed by atoms with van der Waals surface area (Å²) in [4.78, 5) is 28.0. The molecule has 1 saturated heterocycles. The van der Waals surface area contributed by atoms with E-state index in [-0.39, 0.29) is 5.91 Å². The maximum atomic E-state index is 12.5. The summed E-state index contributed by atoms with van der Waals surface area (Å²) in [6, 6.07) is 5.98. The van der Waals surface area contributed by atoms with E-state index in [1.165, 1.54) is 0 Å². The number of pyridine rings is 2. The van der Waals surface area contributed by atoms with Gasteiger partial charge in [0.1, 0.15) is 5.82 Å². The van der Waals surface area contributed by atoms with Crippen molar-refractivity contribution in [3.63, 3.8) is 0 Å². The van der Waals surface area contributed by atoms with Gasteiger partial charge in [0.2, 0.25) is 0 Å². The molecule has 0 aromatic carbocycles. The summed E-state index contributed by atoms with van der Waals surface area (Å²) in [5, 5.41) is 3.58. The molecule has 0 aliphatic carbocycles. The van der Waals surface area contributed by atoms with Gasteiger partial charge in [-0.05, 0) is 43.5 Å². The van der Waals surface area contributed by atoms with Gasteiger partial charge in [0, 0.05) is 56.4 Å². The smallest absolute Gasteiger partial charge is 0.253 e. The number of nitrogens with one attached hydrogen (secondary N) is 1. The van der Waals surface area contributed by atoms with E-state index in [0.29, 0.717) is 23.8 Å². The van der Waals surface area contributed by atoms with Crippen molar-refractivity contribution in [2.24, 2.45) is 4.99 Å². The van der Waals surface area contributed by atoms with E-state index in [4.69, 9.17) is 9.73 Å². The zero-order chi connectivity index (χ0) is 19.7. The lowest BCUT2D eigenvalue weighted by atomic mass is 10.0. The second-order valence-electron chi connectivity index (χ2n) is 7.47. The van der Waals surface area contributed by atoms with Gasteiger partial charge in [-0.1, -0.05) is 0 Å². The van der Waals surface area contributed by atoms with Crippen molar-refractivity contribution >= 4 is 17.4 Å². The number of fused-ring (bicyclic) bond motifs is 1. The van der Waals surface area contributed by atoms with E-state index >= 15 is 0 Å². The van der Waals surface area contributed by atoms with Crippen LogP contribution in [0.1, 0.15) is 45.7 Å². The van der Waals surface area contributed by atoms with Crippen LogP contribution >= 0.6 is 0 Å². The second-order valence-corrected chi connectivity index (χ2v) is 7.47. The Morgan fingerprint density at radius 1 is 1.25 bits per heavy atom. The van der Waals surface area contributed by atoms with Crippen molar-refractivity contribution in [3.05, 3.63) is 52.5 Å². The third-order valence-electron chi connectivity index (χ3n) is 5.09. The fourth-order valence-electron chi connectivity index (χ4n) is 3.67. The first-order chi connectivity index (χ1) is 13.5. The molecule has 4 heterocycles. The zero-order valence-corrected chi connectivity index (χ0v) is 16.5. The fourth-order valence-corrected chi connectivity index (χ4v) is 3.67. The average molecular weight is 379 g/mol. The number of amides is 1. The highest BCUT2D eigenvalue weighted by molar-refractivity contribution is 6.17. The molecule has 0 saturated carbocycles. The van der Waals surface area contributed by atoms with Crippen LogP contribution in [0.15, 0.2) is 29.4 Å². The van der Waals surface area contributed by atoms with Gasteiger partial charge in [0.25, 0.3) is 5.91 Å². The lowest BCUT2D eigenvalue weighted by Crippen LogP contribution is -2.29. The van der Waals surface area contributed by atoms with Gasteiger partial charge >= 0.3 is 0 Å². The molecule has 4 rings (SSSR count). The molecule has 2 aliphatic heterocycles. The number of ether oxygens (including phenoxy) is 1. The molecule has 2 aliphatic rings. The Balaban J connectivity index is 1.70. The van der Waals surface area contributed by atoms with Crippen LogP contribution < -0.4 is 5.32 Å². The first kappa shape index (κ1) is 18.6. The summed E-state index contributed by atoms with van der Waals surface area (Å²) < 4.78 is 5.46. The molecule has 1 amide bonds. The highest BCUT2D eigenvalue weighted by atomic mass is 16.5. The van der Waals surface area contributed by atoms with Gasteiger partial charge in [0.05, 0.1) is 18.0 Å². The molecule has 1 fully saturated rings. The number of aliphatic imine (C=N–C) groups is 1. The average Bonchev–Trinajstić information content (AvgIpc) is 3.13. The highest BCUT2D eigenvalue weighted by Crippen LogP contribution is 2.29. The van der Waals surface area contributed by atoms with Crippen LogP contribution in [0.3, 0.4) is 0 Å². The topological polar surface area (TPSA) is 79.7 Å². The van der Waals surface area contributed by atoms with E-state index in [2.05, 4.69) is 15.3 Å². The molecule has 7 heteroatoms. The molecular weight excluding hydrogens is 354 g/mol. The maximum Gasteiger partial charge on any atom is 0.253 e. The summed E-state index contributed by atoms with van der Waals surface area (Å²) in [6.07, 6.45) is 3.74. The molecule has 0 atom stereocenters. The van der Waals surface area contributed by atoms with Crippen molar-refractivity contribution in [2.75, 3.05) is 32.6 Å². The minimum atomic E-state index is -0.0442. The maximum absolute atomic E-state index is 12.5. The Bertz CT molecular complexity index is 932. The first-order valence-corrected chi connectivity index (χ1v) is 9.60. The molecule has 0 unspecified atom stereocenters. The molecule has 0 radical (unpaired) electrons. The molecule has 28 heavy (non-hydrogen) atoms. The van der Waals surface area contributed by atoms with E-state index in [1.54, 1.807) is 19.0 Å². The van der Waals surface area contributed by atoms with Crippen molar-refractivity contribution in [2.45, 2.75) is 32.4 Å². The van der Waals surface area contributed by atoms with Gasteiger partial charge in [-0.25, -0.2) is 4.98 Å². The number of aryl methyl sites for hydroxylation is 1. The Kier molecular flexibility index (Phi) is 5.09. The SMILES string of the molecule is Cc1cc(C(=O)N(C)C)cc(C2=NCc3ccnc(NC4CCOCC4)c32)n1. The summed E-state index contributed by atoms with van der Waals surface area (Å²) >= 11 is 0. The van der Waals surface area contributed by atoms with Gasteiger partial charge in [-0.3, -0.25) is 14.8 Å². The lowest BCUT2D eigenvalue weighted by molar-refractivity contribution is 0.0827. The number of hydrogen-bond donors (Lipinski definition) is 1. The van der Waals surface area contributed by atoms with Crippen LogP contribution in [0.25, 0.3) is 0 Å². The lowest BCUT2D eigenvalue weighted by Gasteiger charge is -2.24. The third-order valence-corrected chi connectivity index (χ3v) is 5.09. The van der Waals surface area contributed by atoms with Crippen LogP contribution in [-0.4, -0.2) is 59.8 Å². The normalized spacial score (nSPS) is 16.5. The standard InChI is InChI=1S/C21H25N5O2/c1-13-10-15(21(27)26(2)3)11-17(24-13)19-18-14(12-23-19)4-7-22-20(18)25-16-5-8-28-9-6-16/h4,7,10-11,16H,5-6,8-9,12H2,1-3H3,(H,22,25). The van der Waals surface area contributed by atoms with E-state index in [1.807, 2.05) is 31.3 Å². The van der Waals surface area contributed by atoms with Gasteiger partial charge in [-0.15, -0.1) is 0 Å². The second kappa shape index (κ2) is 7.67. The first-order valence-electron chi connectivity index (χ1n) is 9.60. The summed E-state index contributed by atoms with van der Waals surface area (Å²) in [5.74, 6) is 0.793. The Morgan fingerprint density at radius 2 is 2.04 bits per heavy atom. The number of nitrogens with zero attached hydrogens (tertiary/aromatic N) is 4. The molecule has 7 nitrogen and oxygen atoms in total. The molecule has 146 valence electrons. The number of anilines is 1. The molecule has 2 aromatic heterocycles. The number of carbonyl (C=O) groups is 1. The van der Waals surface area contributed by atoms with Gasteiger partial charge in [-0.2, -0.15) is 0 Å². The molecular formula is C21H25N5O2. The van der Waals surface area contributed by atoms with Crippen LogP contribution in [0.5, 0.6) is 0 Å². The quantitative estimate of drug-likeness (QED) is 0.883. The van der Waals surface area contributed by atoms with Crippen molar-refractivity contribution in [1.82, 2.24) is 14.9 Å².